The van der Waals surface area contributed by atoms with Gasteiger partial charge in [0.15, 0.2) is 5.65 Å². The van der Waals surface area contributed by atoms with Crippen LogP contribution < -0.4 is 15.4 Å². The minimum absolute atomic E-state index is 0.0693. The highest BCUT2D eigenvalue weighted by atomic mass is 19.4. The van der Waals surface area contributed by atoms with Crippen molar-refractivity contribution in [2.24, 2.45) is 0 Å². The SMILES string of the molecule is FC(F)(F)c1ccc(Nc2nc3cccc(O[C@H]4CCCNC4)n3n2)cc1. The van der Waals surface area contributed by atoms with Gasteiger partial charge in [-0.05, 0) is 49.7 Å². The molecule has 142 valence electrons. The quantitative estimate of drug-likeness (QED) is 0.727. The molecule has 6 nitrogen and oxygen atoms in total. The molecule has 1 saturated heterocycles. The lowest BCUT2D eigenvalue weighted by atomic mass is 10.1. The van der Waals surface area contributed by atoms with Gasteiger partial charge in [0.25, 0.3) is 0 Å². The van der Waals surface area contributed by atoms with Gasteiger partial charge in [0.05, 0.1) is 5.56 Å². The zero-order valence-corrected chi connectivity index (χ0v) is 14.3. The van der Waals surface area contributed by atoms with Gasteiger partial charge in [-0.2, -0.15) is 22.7 Å². The van der Waals surface area contributed by atoms with Crippen LogP contribution in [0.1, 0.15) is 18.4 Å². The minimum atomic E-state index is -4.36. The van der Waals surface area contributed by atoms with Crippen molar-refractivity contribution in [1.29, 1.82) is 0 Å². The fourth-order valence-corrected chi connectivity index (χ4v) is 2.99. The van der Waals surface area contributed by atoms with Gasteiger partial charge in [-0.25, -0.2) is 0 Å². The first-order valence-electron chi connectivity index (χ1n) is 8.66. The van der Waals surface area contributed by atoms with Gasteiger partial charge in [0, 0.05) is 18.3 Å². The number of hydrogen-bond donors (Lipinski definition) is 2. The molecular formula is C18H18F3N5O. The molecule has 0 aliphatic carbocycles. The molecule has 9 heteroatoms. The van der Waals surface area contributed by atoms with Gasteiger partial charge in [0.1, 0.15) is 6.10 Å². The van der Waals surface area contributed by atoms with Crippen molar-refractivity contribution in [1.82, 2.24) is 19.9 Å². The number of alkyl halides is 3. The molecule has 0 saturated carbocycles. The van der Waals surface area contributed by atoms with Crippen LogP contribution in [0.2, 0.25) is 0 Å². The summed E-state index contributed by atoms with van der Waals surface area (Å²) >= 11 is 0. The Kier molecular flexibility index (Phi) is 4.61. The highest BCUT2D eigenvalue weighted by Crippen LogP contribution is 2.30. The summed E-state index contributed by atoms with van der Waals surface area (Å²) in [4.78, 5) is 4.36. The second-order valence-electron chi connectivity index (χ2n) is 6.36. The van der Waals surface area contributed by atoms with Crippen molar-refractivity contribution in [2.75, 3.05) is 18.4 Å². The van der Waals surface area contributed by atoms with Crippen LogP contribution in [0, 0.1) is 0 Å². The molecule has 0 spiro atoms. The summed E-state index contributed by atoms with van der Waals surface area (Å²) in [6.07, 6.45) is -2.27. The summed E-state index contributed by atoms with van der Waals surface area (Å²) in [7, 11) is 0. The average molecular weight is 377 g/mol. The second kappa shape index (κ2) is 7.07. The standard InChI is InChI=1S/C18H18F3N5O/c19-18(20,21)12-6-8-13(9-7-12)23-17-24-15-4-1-5-16(26(15)25-17)27-14-3-2-10-22-11-14/h1,4-9,14,22H,2-3,10-11H2,(H,23,25)/t14-/m0/s1. The first-order chi connectivity index (χ1) is 13.0. The number of rotatable bonds is 4. The lowest BCUT2D eigenvalue weighted by molar-refractivity contribution is -0.137. The smallest absolute Gasteiger partial charge is 0.416 e. The van der Waals surface area contributed by atoms with Crippen LogP contribution in [-0.4, -0.2) is 33.8 Å². The number of pyridine rings is 1. The van der Waals surface area contributed by atoms with E-state index in [1.54, 1.807) is 10.6 Å². The van der Waals surface area contributed by atoms with Crippen LogP contribution in [0.5, 0.6) is 5.88 Å². The van der Waals surface area contributed by atoms with Crippen LogP contribution >= 0.6 is 0 Å². The molecule has 27 heavy (non-hydrogen) atoms. The van der Waals surface area contributed by atoms with Crippen molar-refractivity contribution in [3.8, 4) is 5.88 Å². The van der Waals surface area contributed by atoms with E-state index in [1.807, 2.05) is 12.1 Å². The van der Waals surface area contributed by atoms with E-state index in [9.17, 15) is 13.2 Å². The topological polar surface area (TPSA) is 63.5 Å². The number of piperidine rings is 1. The number of benzene rings is 1. The number of aromatic nitrogens is 3. The van der Waals surface area contributed by atoms with Gasteiger partial charge in [-0.3, -0.25) is 0 Å². The fourth-order valence-electron chi connectivity index (χ4n) is 2.99. The molecule has 1 aliphatic heterocycles. The van der Waals surface area contributed by atoms with Gasteiger partial charge < -0.3 is 15.4 Å². The predicted molar refractivity (Wildman–Crippen MR) is 94.2 cm³/mol. The van der Waals surface area contributed by atoms with Crippen molar-refractivity contribution >= 4 is 17.3 Å². The zero-order chi connectivity index (χ0) is 18.9. The lowest BCUT2D eigenvalue weighted by Gasteiger charge is -2.23. The monoisotopic (exact) mass is 377 g/mol. The Morgan fingerprint density at radius 3 is 2.67 bits per heavy atom. The largest absolute Gasteiger partial charge is 0.473 e. The number of ether oxygens (including phenoxy) is 1. The Hall–Kier alpha value is -2.81. The zero-order valence-electron chi connectivity index (χ0n) is 14.3. The number of halogens is 3. The van der Waals surface area contributed by atoms with Gasteiger partial charge in [-0.1, -0.05) is 6.07 Å². The third-order valence-corrected chi connectivity index (χ3v) is 4.33. The van der Waals surface area contributed by atoms with E-state index >= 15 is 0 Å². The highest BCUT2D eigenvalue weighted by Gasteiger charge is 2.30. The maximum absolute atomic E-state index is 12.7. The maximum atomic E-state index is 12.7. The number of nitrogens with one attached hydrogen (secondary N) is 2. The molecule has 0 unspecified atom stereocenters. The summed E-state index contributed by atoms with van der Waals surface area (Å²) < 4.78 is 45.6. The third-order valence-electron chi connectivity index (χ3n) is 4.33. The molecule has 1 fully saturated rings. The summed E-state index contributed by atoms with van der Waals surface area (Å²) in [6.45, 7) is 1.77. The highest BCUT2D eigenvalue weighted by molar-refractivity contribution is 5.56. The Balaban J connectivity index is 1.53. The average Bonchev–Trinajstić information content (AvgIpc) is 3.06. The Labute approximate surface area is 153 Å². The van der Waals surface area contributed by atoms with E-state index in [0.717, 1.165) is 38.1 Å². The Morgan fingerprint density at radius 1 is 1.15 bits per heavy atom. The molecule has 4 rings (SSSR count). The first kappa shape index (κ1) is 17.6. The molecule has 2 N–H and O–H groups in total. The number of hydrogen-bond acceptors (Lipinski definition) is 5. The predicted octanol–water partition coefficient (Wildman–Crippen LogP) is 3.62. The lowest BCUT2D eigenvalue weighted by Crippen LogP contribution is -2.37. The summed E-state index contributed by atoms with van der Waals surface area (Å²) in [5.41, 5.74) is 0.358. The van der Waals surface area contributed by atoms with Crippen LogP contribution in [0.4, 0.5) is 24.8 Å². The number of anilines is 2. The van der Waals surface area contributed by atoms with Gasteiger partial charge >= 0.3 is 6.18 Å². The van der Waals surface area contributed by atoms with Crippen LogP contribution in [-0.2, 0) is 6.18 Å². The van der Waals surface area contributed by atoms with Gasteiger partial charge in [0.2, 0.25) is 11.8 Å². The first-order valence-corrected chi connectivity index (χ1v) is 8.66. The molecule has 0 radical (unpaired) electrons. The molecule has 0 bridgehead atoms. The van der Waals surface area contributed by atoms with E-state index in [2.05, 4.69) is 20.7 Å². The normalized spacial score (nSPS) is 17.8. The van der Waals surface area contributed by atoms with Crippen LogP contribution in [0.3, 0.4) is 0 Å². The van der Waals surface area contributed by atoms with E-state index in [4.69, 9.17) is 4.74 Å². The second-order valence-corrected chi connectivity index (χ2v) is 6.36. The van der Waals surface area contributed by atoms with Crippen molar-refractivity contribution < 1.29 is 17.9 Å². The van der Waals surface area contributed by atoms with Crippen molar-refractivity contribution in [2.45, 2.75) is 25.1 Å². The summed E-state index contributed by atoms with van der Waals surface area (Å²) in [6, 6.07) is 10.2. The molecular weight excluding hydrogens is 359 g/mol. The fraction of sp³-hybridized carbons (Fsp3) is 0.333. The Bertz CT molecular complexity index is 917. The van der Waals surface area contributed by atoms with Crippen molar-refractivity contribution in [3.05, 3.63) is 48.0 Å². The minimum Gasteiger partial charge on any atom is -0.473 e. The van der Waals surface area contributed by atoms with Crippen molar-refractivity contribution in [3.63, 3.8) is 0 Å². The maximum Gasteiger partial charge on any atom is 0.416 e. The van der Waals surface area contributed by atoms with Crippen LogP contribution in [0.25, 0.3) is 5.65 Å². The number of fused-ring (bicyclic) bond motifs is 1. The molecule has 0 amide bonds. The van der Waals surface area contributed by atoms with Gasteiger partial charge in [-0.15, -0.1) is 5.10 Å². The summed E-state index contributed by atoms with van der Waals surface area (Å²) in [5, 5.41) is 10.6. The summed E-state index contributed by atoms with van der Waals surface area (Å²) in [5.74, 6) is 0.863. The van der Waals surface area contributed by atoms with Crippen LogP contribution in [0.15, 0.2) is 42.5 Å². The molecule has 1 aliphatic rings. The molecule has 2 aromatic heterocycles. The van der Waals surface area contributed by atoms with E-state index in [-0.39, 0.29) is 12.1 Å². The van der Waals surface area contributed by atoms with E-state index in [1.165, 1.54) is 12.1 Å². The molecule has 3 aromatic rings. The number of nitrogens with zero attached hydrogens (tertiary/aromatic N) is 3. The molecule has 1 aromatic carbocycles. The third kappa shape index (κ3) is 3.97. The van der Waals surface area contributed by atoms with E-state index in [0.29, 0.717) is 17.2 Å². The Morgan fingerprint density at radius 2 is 1.96 bits per heavy atom. The van der Waals surface area contributed by atoms with E-state index < -0.39 is 11.7 Å². The molecule has 1 atom stereocenters. The molecule has 3 heterocycles.